The lowest BCUT2D eigenvalue weighted by atomic mass is 9.79. The largest absolute Gasteiger partial charge is 0.392 e. The second kappa shape index (κ2) is 3.29. The van der Waals surface area contributed by atoms with Gasteiger partial charge in [-0.15, -0.1) is 0 Å². The van der Waals surface area contributed by atoms with Crippen molar-refractivity contribution in [3.63, 3.8) is 0 Å². The number of amides is 1. The third kappa shape index (κ3) is 2.21. The number of hydrogen-bond donors (Lipinski definition) is 2. The summed E-state index contributed by atoms with van der Waals surface area (Å²) in [5, 5.41) is 9.59. The molecule has 0 aromatic carbocycles. The Kier molecular flexibility index (Phi) is 2.66. The first-order chi connectivity index (χ1) is 5.82. The van der Waals surface area contributed by atoms with Gasteiger partial charge in [-0.2, -0.15) is 0 Å². The average molecular weight is 185 g/mol. The number of aliphatic hydroxyl groups is 1. The van der Waals surface area contributed by atoms with Crippen molar-refractivity contribution in [3.05, 3.63) is 0 Å². The normalized spacial score (nSPS) is 34.9. The van der Waals surface area contributed by atoms with E-state index in [1.165, 1.54) is 0 Å². The first kappa shape index (κ1) is 10.5. The zero-order chi connectivity index (χ0) is 10.2. The minimum absolute atomic E-state index is 0.158. The van der Waals surface area contributed by atoms with E-state index in [0.29, 0.717) is 12.3 Å². The Morgan fingerprint density at radius 2 is 1.92 bits per heavy atom. The summed E-state index contributed by atoms with van der Waals surface area (Å²) in [4.78, 5) is 10.9. The van der Waals surface area contributed by atoms with Crippen molar-refractivity contribution in [2.24, 2.45) is 23.0 Å². The lowest BCUT2D eigenvalue weighted by molar-refractivity contribution is -0.124. The van der Waals surface area contributed by atoms with E-state index in [9.17, 15) is 9.90 Å². The topological polar surface area (TPSA) is 63.3 Å². The molecule has 0 spiro atoms. The molecular weight excluding hydrogens is 166 g/mol. The number of primary amides is 1. The van der Waals surface area contributed by atoms with Crippen LogP contribution in [-0.2, 0) is 4.79 Å². The highest BCUT2D eigenvalue weighted by molar-refractivity contribution is 5.77. The van der Waals surface area contributed by atoms with Crippen LogP contribution in [0.2, 0.25) is 0 Å². The fraction of sp³-hybridized carbons (Fsp3) is 0.900. The SMILES string of the molecule is CC(C)(C)[C@H]1C[C@@H](O)[C@H](C(N)=O)C1. The molecule has 0 unspecified atom stereocenters. The van der Waals surface area contributed by atoms with Crippen LogP contribution in [0.5, 0.6) is 0 Å². The first-order valence-electron chi connectivity index (χ1n) is 4.79. The highest BCUT2D eigenvalue weighted by atomic mass is 16.3. The lowest BCUT2D eigenvalue weighted by Crippen LogP contribution is -2.29. The van der Waals surface area contributed by atoms with Crippen molar-refractivity contribution in [2.45, 2.75) is 39.7 Å². The van der Waals surface area contributed by atoms with Gasteiger partial charge >= 0.3 is 0 Å². The van der Waals surface area contributed by atoms with E-state index in [4.69, 9.17) is 5.73 Å². The highest BCUT2D eigenvalue weighted by Crippen LogP contribution is 2.41. The Bertz CT molecular complexity index is 207. The number of hydrogen-bond acceptors (Lipinski definition) is 2. The molecule has 3 nitrogen and oxygen atoms in total. The van der Waals surface area contributed by atoms with E-state index < -0.39 is 6.10 Å². The molecule has 0 aromatic rings. The Balaban J connectivity index is 2.65. The van der Waals surface area contributed by atoms with Gasteiger partial charge in [0.05, 0.1) is 12.0 Å². The molecule has 1 amide bonds. The molecule has 1 aliphatic rings. The third-order valence-corrected chi connectivity index (χ3v) is 3.12. The van der Waals surface area contributed by atoms with Gasteiger partial charge in [0.1, 0.15) is 0 Å². The van der Waals surface area contributed by atoms with E-state index >= 15 is 0 Å². The summed E-state index contributed by atoms with van der Waals surface area (Å²) in [5.41, 5.74) is 5.35. The molecule has 3 N–H and O–H groups in total. The number of carbonyl (C=O) groups excluding carboxylic acids is 1. The van der Waals surface area contributed by atoms with E-state index in [-0.39, 0.29) is 17.2 Å². The van der Waals surface area contributed by atoms with E-state index in [1.807, 2.05) is 0 Å². The number of nitrogens with two attached hydrogens (primary N) is 1. The monoisotopic (exact) mass is 185 g/mol. The van der Waals surface area contributed by atoms with Gasteiger partial charge in [-0.05, 0) is 24.2 Å². The fourth-order valence-electron chi connectivity index (χ4n) is 2.03. The summed E-state index contributed by atoms with van der Waals surface area (Å²) in [6, 6.07) is 0. The van der Waals surface area contributed by atoms with Gasteiger partial charge in [0.2, 0.25) is 5.91 Å². The minimum Gasteiger partial charge on any atom is -0.392 e. The quantitative estimate of drug-likeness (QED) is 0.637. The highest BCUT2D eigenvalue weighted by Gasteiger charge is 2.41. The molecule has 1 saturated carbocycles. The minimum atomic E-state index is -0.526. The molecule has 1 fully saturated rings. The van der Waals surface area contributed by atoms with Crippen LogP contribution in [0.25, 0.3) is 0 Å². The molecule has 0 bridgehead atoms. The lowest BCUT2D eigenvalue weighted by Gasteiger charge is -2.26. The number of rotatable bonds is 1. The molecule has 0 saturated heterocycles. The second-order valence-corrected chi connectivity index (χ2v) is 5.11. The van der Waals surface area contributed by atoms with Crippen LogP contribution in [0, 0.1) is 17.3 Å². The number of carbonyl (C=O) groups is 1. The molecule has 0 aliphatic heterocycles. The zero-order valence-electron chi connectivity index (χ0n) is 8.58. The van der Waals surface area contributed by atoms with Crippen molar-refractivity contribution in [3.8, 4) is 0 Å². The standard InChI is InChI=1S/C10H19NO2/c1-10(2,3)6-4-7(9(11)13)8(12)5-6/h6-8,12H,4-5H2,1-3H3,(H2,11,13)/t6-,7-,8-/m1/s1. The average Bonchev–Trinajstić information content (AvgIpc) is 2.29. The van der Waals surface area contributed by atoms with E-state index in [1.54, 1.807) is 0 Å². The van der Waals surface area contributed by atoms with Gasteiger partial charge in [-0.1, -0.05) is 20.8 Å². The van der Waals surface area contributed by atoms with Crippen molar-refractivity contribution >= 4 is 5.91 Å². The van der Waals surface area contributed by atoms with Gasteiger partial charge in [-0.3, -0.25) is 4.79 Å². The van der Waals surface area contributed by atoms with E-state index in [2.05, 4.69) is 20.8 Å². The van der Waals surface area contributed by atoms with E-state index in [0.717, 1.165) is 6.42 Å². The van der Waals surface area contributed by atoms with Gasteiger partial charge in [0.15, 0.2) is 0 Å². The molecule has 0 radical (unpaired) electrons. The summed E-state index contributed by atoms with van der Waals surface area (Å²) in [7, 11) is 0. The molecule has 76 valence electrons. The smallest absolute Gasteiger partial charge is 0.223 e. The van der Waals surface area contributed by atoms with Gasteiger partial charge in [-0.25, -0.2) is 0 Å². The fourth-order valence-corrected chi connectivity index (χ4v) is 2.03. The maximum Gasteiger partial charge on any atom is 0.223 e. The van der Waals surface area contributed by atoms with Crippen molar-refractivity contribution in [1.29, 1.82) is 0 Å². The maximum absolute atomic E-state index is 10.9. The van der Waals surface area contributed by atoms with Gasteiger partial charge in [0.25, 0.3) is 0 Å². The molecule has 13 heavy (non-hydrogen) atoms. The summed E-state index contributed by atoms with van der Waals surface area (Å²) in [5.74, 6) is -0.288. The maximum atomic E-state index is 10.9. The summed E-state index contributed by atoms with van der Waals surface area (Å²) in [6.07, 6.45) is 0.915. The van der Waals surface area contributed by atoms with Crippen molar-refractivity contribution < 1.29 is 9.90 Å². The Labute approximate surface area is 79.3 Å². The Morgan fingerprint density at radius 3 is 2.15 bits per heavy atom. The molecule has 1 aliphatic carbocycles. The predicted molar refractivity (Wildman–Crippen MR) is 50.9 cm³/mol. The third-order valence-electron chi connectivity index (χ3n) is 3.12. The van der Waals surface area contributed by atoms with Gasteiger partial charge < -0.3 is 10.8 Å². The van der Waals surface area contributed by atoms with Crippen molar-refractivity contribution in [2.75, 3.05) is 0 Å². The predicted octanol–water partition coefficient (Wildman–Crippen LogP) is 0.905. The first-order valence-corrected chi connectivity index (χ1v) is 4.79. The van der Waals surface area contributed by atoms with Crippen LogP contribution in [-0.4, -0.2) is 17.1 Å². The van der Waals surface area contributed by atoms with Crippen LogP contribution < -0.4 is 5.73 Å². The summed E-state index contributed by atoms with van der Waals surface area (Å²) < 4.78 is 0. The van der Waals surface area contributed by atoms with Crippen LogP contribution in [0.15, 0.2) is 0 Å². The Morgan fingerprint density at radius 1 is 1.38 bits per heavy atom. The Hall–Kier alpha value is -0.570. The van der Waals surface area contributed by atoms with Crippen LogP contribution in [0.3, 0.4) is 0 Å². The van der Waals surface area contributed by atoms with Crippen LogP contribution in [0.1, 0.15) is 33.6 Å². The summed E-state index contributed by atoms with van der Waals surface area (Å²) in [6.45, 7) is 6.40. The molecule has 0 aromatic heterocycles. The molecular formula is C10H19NO2. The summed E-state index contributed by atoms with van der Waals surface area (Å²) >= 11 is 0. The molecule has 0 heterocycles. The van der Waals surface area contributed by atoms with Gasteiger partial charge in [0, 0.05) is 0 Å². The van der Waals surface area contributed by atoms with Crippen LogP contribution >= 0.6 is 0 Å². The molecule has 3 heteroatoms. The molecule has 3 atom stereocenters. The molecule has 1 rings (SSSR count). The number of aliphatic hydroxyl groups excluding tert-OH is 1. The van der Waals surface area contributed by atoms with Crippen molar-refractivity contribution in [1.82, 2.24) is 0 Å². The van der Waals surface area contributed by atoms with Crippen LogP contribution in [0.4, 0.5) is 0 Å². The zero-order valence-corrected chi connectivity index (χ0v) is 8.58. The second-order valence-electron chi connectivity index (χ2n) is 5.11.